The molecule has 0 bridgehead atoms. The van der Waals surface area contributed by atoms with E-state index in [1.165, 1.54) is 0 Å². The average molecular weight is 497 g/mol. The zero-order valence-electron chi connectivity index (χ0n) is 19.3. The Morgan fingerprint density at radius 2 is 1.86 bits per heavy atom. The predicted octanol–water partition coefficient (Wildman–Crippen LogP) is 2.40. The molecule has 2 unspecified atom stereocenters. The molecule has 0 aromatic heterocycles. The predicted molar refractivity (Wildman–Crippen MR) is 131 cm³/mol. The molecule has 2 aromatic carbocycles. The third-order valence-corrected chi connectivity index (χ3v) is 7.97. The van der Waals surface area contributed by atoms with Crippen LogP contribution in [0.2, 0.25) is 0 Å². The van der Waals surface area contributed by atoms with Crippen molar-refractivity contribution in [3.63, 3.8) is 0 Å². The first-order chi connectivity index (χ1) is 16.9. The Morgan fingerprint density at radius 1 is 1.06 bits per heavy atom. The van der Waals surface area contributed by atoms with Crippen molar-refractivity contribution in [2.75, 3.05) is 31.6 Å². The van der Waals surface area contributed by atoms with Gasteiger partial charge in [0.2, 0.25) is 5.91 Å². The van der Waals surface area contributed by atoms with E-state index in [-0.39, 0.29) is 28.7 Å². The number of benzene rings is 2. The molecule has 0 aliphatic carbocycles. The second-order valence-corrected chi connectivity index (χ2v) is 10.6. The van der Waals surface area contributed by atoms with Crippen molar-refractivity contribution >= 4 is 33.4 Å². The number of anilines is 1. The van der Waals surface area contributed by atoms with Crippen molar-refractivity contribution in [1.82, 2.24) is 10.2 Å². The number of hydrogen-bond donors (Lipinski definition) is 2. The molecule has 2 saturated heterocycles. The molecule has 9 nitrogen and oxygen atoms in total. The van der Waals surface area contributed by atoms with Gasteiger partial charge < -0.3 is 20.3 Å². The molecule has 0 saturated carbocycles. The van der Waals surface area contributed by atoms with Gasteiger partial charge in [-0.15, -0.1) is 4.40 Å². The summed E-state index contributed by atoms with van der Waals surface area (Å²) < 4.78 is 34.5. The minimum absolute atomic E-state index is 0.0290. The Hall–Kier alpha value is -3.24. The number of carbonyl (C=O) groups excluding carboxylic acids is 2. The lowest BCUT2D eigenvalue weighted by molar-refractivity contribution is -0.121. The summed E-state index contributed by atoms with van der Waals surface area (Å²) >= 11 is 0. The van der Waals surface area contributed by atoms with Gasteiger partial charge in [0.25, 0.3) is 15.9 Å². The Bertz CT molecular complexity index is 1270. The lowest BCUT2D eigenvalue weighted by atomic mass is 9.96. The Balaban J connectivity index is 1.27. The molecule has 0 spiro atoms. The van der Waals surface area contributed by atoms with Gasteiger partial charge in [-0.25, -0.2) is 0 Å². The second-order valence-electron chi connectivity index (χ2n) is 9.05. The van der Waals surface area contributed by atoms with E-state index in [2.05, 4.69) is 15.0 Å². The van der Waals surface area contributed by atoms with Crippen LogP contribution in [0.1, 0.15) is 41.6 Å². The number of hydrogen-bond acceptors (Lipinski definition) is 6. The van der Waals surface area contributed by atoms with Gasteiger partial charge in [-0.2, -0.15) is 8.42 Å². The van der Waals surface area contributed by atoms with Crippen LogP contribution in [-0.4, -0.2) is 63.3 Å². The van der Waals surface area contributed by atoms with Crippen molar-refractivity contribution in [2.45, 2.75) is 36.7 Å². The molecule has 35 heavy (non-hydrogen) atoms. The number of amidine groups is 1. The smallest absolute Gasteiger partial charge is 0.285 e. The first kappa shape index (κ1) is 23.5. The number of piperidine rings is 1. The fraction of sp³-hybridized carbons (Fsp3) is 0.400. The first-order valence-corrected chi connectivity index (χ1v) is 13.4. The molecule has 0 radical (unpaired) electrons. The first-order valence-electron chi connectivity index (χ1n) is 11.9. The van der Waals surface area contributed by atoms with Gasteiger partial charge in [0.15, 0.2) is 5.84 Å². The van der Waals surface area contributed by atoms with Crippen LogP contribution in [0.15, 0.2) is 57.8 Å². The van der Waals surface area contributed by atoms with Gasteiger partial charge in [-0.1, -0.05) is 24.3 Å². The topological polar surface area (TPSA) is 117 Å². The molecule has 2 atom stereocenters. The lowest BCUT2D eigenvalue weighted by Crippen LogP contribution is -2.44. The van der Waals surface area contributed by atoms with E-state index in [1.807, 2.05) is 4.90 Å². The fourth-order valence-corrected chi connectivity index (χ4v) is 6.06. The van der Waals surface area contributed by atoms with Gasteiger partial charge in [0.1, 0.15) is 4.90 Å². The summed E-state index contributed by atoms with van der Waals surface area (Å²) in [6.45, 7) is 2.12. The van der Waals surface area contributed by atoms with E-state index in [4.69, 9.17) is 4.74 Å². The molecule has 10 heteroatoms. The summed E-state index contributed by atoms with van der Waals surface area (Å²) in [7, 11) is -3.72. The summed E-state index contributed by atoms with van der Waals surface area (Å²) in [4.78, 5) is 28.1. The minimum atomic E-state index is -3.72. The maximum absolute atomic E-state index is 13.2. The van der Waals surface area contributed by atoms with Crippen molar-refractivity contribution < 1.29 is 22.7 Å². The third-order valence-electron chi connectivity index (χ3n) is 6.65. The highest BCUT2D eigenvalue weighted by molar-refractivity contribution is 7.90. The number of para-hydroxylation sites is 1. The molecule has 184 valence electrons. The number of likely N-dealkylation sites (tertiary alicyclic amines) is 1. The number of nitrogens with zero attached hydrogens (tertiary/aromatic N) is 2. The minimum Gasteiger partial charge on any atom is -0.376 e. The fourth-order valence-electron chi connectivity index (χ4n) is 4.83. The van der Waals surface area contributed by atoms with E-state index < -0.39 is 10.0 Å². The summed E-state index contributed by atoms with van der Waals surface area (Å²) in [5, 5.41) is 5.82. The van der Waals surface area contributed by atoms with Crippen LogP contribution in [-0.2, 0) is 19.6 Å². The van der Waals surface area contributed by atoms with Gasteiger partial charge >= 0.3 is 0 Å². The molecular formula is C25H28N4O5S. The van der Waals surface area contributed by atoms with E-state index in [0.29, 0.717) is 48.7 Å². The normalized spacial score (nSPS) is 22.9. The Morgan fingerprint density at radius 3 is 2.69 bits per heavy atom. The van der Waals surface area contributed by atoms with Crippen LogP contribution in [0, 0.1) is 5.92 Å². The van der Waals surface area contributed by atoms with Crippen LogP contribution >= 0.6 is 0 Å². The molecular weight excluding hydrogens is 468 g/mol. The average Bonchev–Trinajstić information content (AvgIpc) is 3.49. The SMILES string of the molecule is O=C(NCC1CCCO1)c1ccccc1NC(=O)C1CCCN(C2=NS(=O)(=O)c3ccccc32)C1. The molecule has 2 aromatic rings. The van der Waals surface area contributed by atoms with Crippen molar-refractivity contribution in [2.24, 2.45) is 10.3 Å². The van der Waals surface area contributed by atoms with Crippen LogP contribution < -0.4 is 10.6 Å². The van der Waals surface area contributed by atoms with Crippen LogP contribution in [0.25, 0.3) is 0 Å². The number of fused-ring (bicyclic) bond motifs is 1. The molecule has 3 aliphatic rings. The maximum Gasteiger partial charge on any atom is 0.285 e. The summed E-state index contributed by atoms with van der Waals surface area (Å²) in [5.74, 6) is -0.440. The molecule has 2 amide bonds. The van der Waals surface area contributed by atoms with Crippen LogP contribution in [0.3, 0.4) is 0 Å². The number of amides is 2. The maximum atomic E-state index is 13.2. The Labute approximate surface area is 204 Å². The van der Waals surface area contributed by atoms with Crippen molar-refractivity contribution in [1.29, 1.82) is 0 Å². The molecule has 3 heterocycles. The Kier molecular flexibility index (Phi) is 6.57. The number of sulfonamides is 1. The second kappa shape index (κ2) is 9.79. The van der Waals surface area contributed by atoms with Gasteiger partial charge in [-0.05, 0) is 49.9 Å². The number of nitrogens with one attached hydrogen (secondary N) is 2. The molecule has 2 N–H and O–H groups in total. The van der Waals surface area contributed by atoms with E-state index >= 15 is 0 Å². The zero-order chi connectivity index (χ0) is 24.4. The van der Waals surface area contributed by atoms with E-state index in [1.54, 1.807) is 48.5 Å². The highest BCUT2D eigenvalue weighted by atomic mass is 32.2. The van der Waals surface area contributed by atoms with E-state index in [9.17, 15) is 18.0 Å². The van der Waals surface area contributed by atoms with Crippen molar-refractivity contribution in [3.05, 3.63) is 59.7 Å². The van der Waals surface area contributed by atoms with Gasteiger partial charge in [0.05, 0.1) is 23.3 Å². The quantitative estimate of drug-likeness (QED) is 0.657. The standard InChI is InChI=1S/C25H28N4O5S/c30-24(27-21-11-3-1-9-19(21)25(31)26-15-18-8-6-14-34-18)17-7-5-13-29(16-17)23-20-10-2-4-12-22(20)35(32,33)28-23/h1-4,9-12,17-18H,5-8,13-16H2,(H,26,31)(H,27,30). The molecule has 5 rings (SSSR count). The molecule has 3 aliphatic heterocycles. The van der Waals surface area contributed by atoms with Crippen LogP contribution in [0.5, 0.6) is 0 Å². The third kappa shape index (κ3) is 4.94. The zero-order valence-corrected chi connectivity index (χ0v) is 20.1. The number of carbonyl (C=O) groups is 2. The van der Waals surface area contributed by atoms with E-state index in [0.717, 1.165) is 25.9 Å². The summed E-state index contributed by atoms with van der Waals surface area (Å²) in [6.07, 6.45) is 3.34. The summed E-state index contributed by atoms with van der Waals surface area (Å²) in [6, 6.07) is 13.7. The largest absolute Gasteiger partial charge is 0.376 e. The summed E-state index contributed by atoms with van der Waals surface area (Å²) in [5.41, 5.74) is 1.42. The molecule has 2 fully saturated rings. The highest BCUT2D eigenvalue weighted by Crippen LogP contribution is 2.30. The monoisotopic (exact) mass is 496 g/mol. The van der Waals surface area contributed by atoms with Gasteiger partial charge in [-0.3, -0.25) is 9.59 Å². The number of ether oxygens (including phenoxy) is 1. The number of rotatable bonds is 5. The van der Waals surface area contributed by atoms with Crippen LogP contribution in [0.4, 0.5) is 5.69 Å². The van der Waals surface area contributed by atoms with Gasteiger partial charge in [0, 0.05) is 31.8 Å². The lowest BCUT2D eigenvalue weighted by Gasteiger charge is -2.33. The highest BCUT2D eigenvalue weighted by Gasteiger charge is 2.35. The van der Waals surface area contributed by atoms with Crippen molar-refractivity contribution in [3.8, 4) is 0 Å².